The molecule has 0 amide bonds. The van der Waals surface area contributed by atoms with E-state index in [2.05, 4.69) is 20.3 Å². The van der Waals surface area contributed by atoms with Gasteiger partial charge >= 0.3 is 6.18 Å². The first kappa shape index (κ1) is 22.3. The molecule has 1 aliphatic heterocycles. The van der Waals surface area contributed by atoms with E-state index in [9.17, 15) is 21.6 Å². The molecule has 1 aliphatic rings. The van der Waals surface area contributed by atoms with Crippen LogP contribution in [0.2, 0.25) is 0 Å². The van der Waals surface area contributed by atoms with Crippen LogP contribution >= 0.6 is 0 Å². The van der Waals surface area contributed by atoms with Crippen LogP contribution in [0.3, 0.4) is 0 Å². The normalized spacial score (nSPS) is 15.8. The summed E-state index contributed by atoms with van der Waals surface area (Å²) in [7, 11) is -3.11. The smallest absolute Gasteiger partial charge is 0.365 e. The number of halogens is 3. The zero-order chi connectivity index (χ0) is 22.9. The lowest BCUT2D eigenvalue weighted by Gasteiger charge is -2.31. The van der Waals surface area contributed by atoms with E-state index in [-0.39, 0.29) is 12.1 Å². The summed E-state index contributed by atoms with van der Waals surface area (Å²) in [4.78, 5) is 15.2. The zero-order valence-electron chi connectivity index (χ0n) is 17.3. The second-order valence-electron chi connectivity index (χ2n) is 7.77. The number of fused-ring (bicyclic) bond motifs is 1. The minimum atomic E-state index is -4.46. The van der Waals surface area contributed by atoms with E-state index in [1.165, 1.54) is 18.4 Å². The summed E-state index contributed by atoms with van der Waals surface area (Å²) in [6, 6.07) is 8.85. The van der Waals surface area contributed by atoms with E-state index in [0.29, 0.717) is 48.7 Å². The molecular formula is C21H22F3N5O2S. The molecule has 0 radical (unpaired) electrons. The highest BCUT2D eigenvalue weighted by atomic mass is 32.2. The summed E-state index contributed by atoms with van der Waals surface area (Å²) in [5.41, 5.74) is -0.187. The van der Waals surface area contributed by atoms with Crippen LogP contribution in [0.4, 0.5) is 24.9 Å². The van der Waals surface area contributed by atoms with Crippen LogP contribution in [0.1, 0.15) is 24.0 Å². The topological polar surface area (TPSA) is 88.1 Å². The van der Waals surface area contributed by atoms with Crippen molar-refractivity contribution in [2.75, 3.05) is 29.6 Å². The highest BCUT2D eigenvalue weighted by Crippen LogP contribution is 2.32. The van der Waals surface area contributed by atoms with Crippen LogP contribution in [0.5, 0.6) is 0 Å². The molecule has 3 aromatic rings. The van der Waals surface area contributed by atoms with Gasteiger partial charge in [-0.05, 0) is 36.6 Å². The van der Waals surface area contributed by atoms with Gasteiger partial charge in [0.1, 0.15) is 15.7 Å². The average Bonchev–Trinajstić information content (AvgIpc) is 2.76. The van der Waals surface area contributed by atoms with Crippen LogP contribution in [-0.4, -0.2) is 48.0 Å². The first-order valence-electron chi connectivity index (χ1n) is 10.1. The van der Waals surface area contributed by atoms with Gasteiger partial charge in [0.2, 0.25) is 5.95 Å². The summed E-state index contributed by atoms with van der Waals surface area (Å²) in [6.45, 7) is 0.852. The van der Waals surface area contributed by atoms with E-state index < -0.39 is 26.8 Å². The molecule has 0 atom stereocenters. The summed E-state index contributed by atoms with van der Waals surface area (Å²) in [5, 5.41) is 3.21. The molecule has 0 spiro atoms. The van der Waals surface area contributed by atoms with E-state index >= 15 is 0 Å². The van der Waals surface area contributed by atoms with Crippen molar-refractivity contribution in [1.82, 2.24) is 15.0 Å². The summed E-state index contributed by atoms with van der Waals surface area (Å²) < 4.78 is 63.7. The molecule has 0 saturated carbocycles. The Bertz CT molecular complexity index is 1230. The fourth-order valence-corrected chi connectivity index (χ4v) is 4.91. The van der Waals surface area contributed by atoms with Crippen LogP contribution in [0, 0.1) is 0 Å². The lowest BCUT2D eigenvalue weighted by Crippen LogP contribution is -2.39. The molecule has 2 aromatic heterocycles. The molecule has 7 nitrogen and oxygen atoms in total. The molecule has 4 rings (SSSR count). The fraction of sp³-hybridized carbons (Fsp3) is 0.381. The maximum absolute atomic E-state index is 13.3. The number of alkyl halides is 3. The number of nitrogens with zero attached hydrogens (tertiary/aromatic N) is 4. The minimum absolute atomic E-state index is 0.0771. The van der Waals surface area contributed by atoms with Crippen molar-refractivity contribution in [3.8, 4) is 0 Å². The Morgan fingerprint density at radius 3 is 2.50 bits per heavy atom. The number of benzene rings is 1. The Balaban J connectivity index is 1.62. The van der Waals surface area contributed by atoms with Crippen molar-refractivity contribution < 1.29 is 21.6 Å². The van der Waals surface area contributed by atoms with E-state index in [0.717, 1.165) is 6.07 Å². The predicted octanol–water partition coefficient (Wildman–Crippen LogP) is 3.67. The second kappa shape index (κ2) is 8.53. The number of nitrogens with one attached hydrogen (secondary N) is 1. The molecule has 0 unspecified atom stereocenters. The Kier molecular flexibility index (Phi) is 5.93. The van der Waals surface area contributed by atoms with Crippen LogP contribution in [-0.2, 0) is 22.6 Å². The summed E-state index contributed by atoms with van der Waals surface area (Å²) in [6.07, 6.45) is -0.709. The third-order valence-electron chi connectivity index (χ3n) is 5.56. The monoisotopic (exact) mass is 465 g/mol. The highest BCUT2D eigenvalue weighted by molar-refractivity contribution is 7.91. The minimum Gasteiger partial charge on any atom is -0.365 e. The van der Waals surface area contributed by atoms with Gasteiger partial charge in [-0.15, -0.1) is 0 Å². The molecule has 1 saturated heterocycles. The molecule has 0 aliphatic carbocycles. The molecule has 3 heterocycles. The molecule has 1 N–H and O–H groups in total. The molecule has 0 bridgehead atoms. The van der Waals surface area contributed by atoms with Crippen molar-refractivity contribution in [2.24, 2.45) is 0 Å². The number of hydrogen-bond acceptors (Lipinski definition) is 7. The van der Waals surface area contributed by atoms with Gasteiger partial charge < -0.3 is 10.2 Å². The number of rotatable bonds is 5. The van der Waals surface area contributed by atoms with Crippen LogP contribution in [0.25, 0.3) is 11.0 Å². The maximum atomic E-state index is 13.3. The quantitative estimate of drug-likeness (QED) is 0.615. The number of sulfone groups is 1. The van der Waals surface area contributed by atoms with Crippen molar-refractivity contribution in [2.45, 2.75) is 30.8 Å². The van der Waals surface area contributed by atoms with Crippen molar-refractivity contribution in [1.29, 1.82) is 0 Å². The van der Waals surface area contributed by atoms with Gasteiger partial charge in [0.25, 0.3) is 0 Å². The van der Waals surface area contributed by atoms with Gasteiger partial charge in [-0.25, -0.2) is 13.4 Å². The highest BCUT2D eigenvalue weighted by Gasteiger charge is 2.33. The number of anilines is 2. The van der Waals surface area contributed by atoms with E-state index in [4.69, 9.17) is 0 Å². The zero-order valence-corrected chi connectivity index (χ0v) is 18.1. The van der Waals surface area contributed by atoms with Gasteiger partial charge in [0.15, 0.2) is 5.65 Å². The van der Waals surface area contributed by atoms with E-state index in [1.54, 1.807) is 24.4 Å². The van der Waals surface area contributed by atoms with Crippen LogP contribution in [0.15, 0.2) is 42.6 Å². The Morgan fingerprint density at radius 1 is 1.09 bits per heavy atom. The first-order chi connectivity index (χ1) is 15.1. The number of pyridine rings is 1. The first-order valence-corrected chi connectivity index (χ1v) is 12.0. The predicted molar refractivity (Wildman–Crippen MR) is 116 cm³/mol. The van der Waals surface area contributed by atoms with Crippen LogP contribution < -0.4 is 10.2 Å². The average molecular weight is 466 g/mol. The third kappa shape index (κ3) is 4.77. The van der Waals surface area contributed by atoms with Crippen molar-refractivity contribution >= 4 is 32.6 Å². The van der Waals surface area contributed by atoms with Gasteiger partial charge in [-0.2, -0.15) is 23.1 Å². The van der Waals surface area contributed by atoms with Gasteiger partial charge in [0, 0.05) is 32.1 Å². The molecule has 1 aromatic carbocycles. The fourth-order valence-electron chi connectivity index (χ4n) is 3.84. The lowest BCUT2D eigenvalue weighted by atomic mass is 10.1. The number of aromatic nitrogens is 3. The molecule has 11 heteroatoms. The SMILES string of the molecule is CS(=O)(=O)C1CCN(c2nc(NCc3ccccc3C(F)(F)F)c3cccnc3n2)CC1. The Morgan fingerprint density at radius 2 is 1.81 bits per heavy atom. The number of hydrogen-bond donors (Lipinski definition) is 1. The summed E-state index contributed by atoms with van der Waals surface area (Å²) >= 11 is 0. The summed E-state index contributed by atoms with van der Waals surface area (Å²) in [5.74, 6) is 0.745. The lowest BCUT2D eigenvalue weighted by molar-refractivity contribution is -0.138. The van der Waals surface area contributed by atoms with Gasteiger partial charge in [0.05, 0.1) is 16.2 Å². The standard InChI is InChI=1S/C21H22F3N5O2S/c1-32(30,31)15-8-11-29(12-9-15)20-27-18-16(6-4-10-25-18)19(28-20)26-13-14-5-2-3-7-17(14)21(22,23)24/h2-7,10,15H,8-9,11-13H2,1H3,(H,25,26,27,28). The molecule has 1 fully saturated rings. The molecular weight excluding hydrogens is 443 g/mol. The Hall–Kier alpha value is -2.95. The number of piperidine rings is 1. The molecule has 32 heavy (non-hydrogen) atoms. The van der Waals surface area contributed by atoms with Gasteiger partial charge in [-0.1, -0.05) is 18.2 Å². The van der Waals surface area contributed by atoms with Crippen molar-refractivity contribution in [3.05, 3.63) is 53.7 Å². The second-order valence-corrected chi connectivity index (χ2v) is 10.1. The largest absolute Gasteiger partial charge is 0.416 e. The maximum Gasteiger partial charge on any atom is 0.416 e. The van der Waals surface area contributed by atoms with E-state index in [1.807, 2.05) is 4.90 Å². The van der Waals surface area contributed by atoms with Crippen molar-refractivity contribution in [3.63, 3.8) is 0 Å². The third-order valence-corrected chi connectivity index (χ3v) is 7.24. The van der Waals surface area contributed by atoms with Gasteiger partial charge in [-0.3, -0.25) is 0 Å². The molecule has 170 valence electrons. The Labute approximate surface area is 183 Å².